The number of carbonyl (C=O) groups excluding carboxylic acids is 1. The Bertz CT molecular complexity index is 1510. The van der Waals surface area contributed by atoms with Crippen molar-refractivity contribution in [2.75, 3.05) is 6.61 Å². The molecule has 0 radical (unpaired) electrons. The molecule has 0 spiro atoms. The first-order chi connectivity index (χ1) is 15.1. The number of aromatic amines is 1. The van der Waals surface area contributed by atoms with E-state index in [-0.39, 0.29) is 11.8 Å². The van der Waals surface area contributed by atoms with E-state index in [0.29, 0.717) is 6.61 Å². The SMILES string of the molecule is CC(=O)OCCCn1c2ccccc2c2c3c[nH]c(O)c3c3c(c21)Cc1ccccc1-3. The van der Waals surface area contributed by atoms with Gasteiger partial charge >= 0.3 is 5.97 Å². The fourth-order valence-corrected chi connectivity index (χ4v) is 5.27. The van der Waals surface area contributed by atoms with Crippen molar-refractivity contribution in [3.63, 3.8) is 0 Å². The van der Waals surface area contributed by atoms with Crippen molar-refractivity contribution >= 4 is 38.5 Å². The van der Waals surface area contributed by atoms with Crippen LogP contribution in [0.4, 0.5) is 0 Å². The second kappa shape index (κ2) is 6.64. The average Bonchev–Trinajstić information content (AvgIpc) is 3.43. The van der Waals surface area contributed by atoms with E-state index >= 15 is 0 Å². The number of aromatic nitrogens is 2. The Kier molecular flexibility index (Phi) is 3.87. The lowest BCUT2D eigenvalue weighted by Crippen LogP contribution is -2.06. The Morgan fingerprint density at radius 1 is 1.10 bits per heavy atom. The van der Waals surface area contributed by atoms with E-state index in [1.807, 2.05) is 6.20 Å². The maximum absolute atomic E-state index is 11.2. The molecular weight excluding hydrogens is 388 g/mol. The number of fused-ring (bicyclic) bond motifs is 10. The van der Waals surface area contributed by atoms with Gasteiger partial charge in [-0.25, -0.2) is 0 Å². The summed E-state index contributed by atoms with van der Waals surface area (Å²) in [4.78, 5) is 14.3. The van der Waals surface area contributed by atoms with Gasteiger partial charge in [0.2, 0.25) is 0 Å². The fraction of sp³-hybridized carbons (Fsp3) is 0.192. The summed E-state index contributed by atoms with van der Waals surface area (Å²) >= 11 is 0. The number of carbonyl (C=O) groups is 1. The number of esters is 1. The van der Waals surface area contributed by atoms with E-state index in [0.717, 1.165) is 41.2 Å². The minimum absolute atomic E-state index is 0.219. The van der Waals surface area contributed by atoms with E-state index in [2.05, 4.69) is 58.1 Å². The van der Waals surface area contributed by atoms with E-state index in [1.54, 1.807) is 0 Å². The predicted molar refractivity (Wildman–Crippen MR) is 122 cm³/mol. The highest BCUT2D eigenvalue weighted by Crippen LogP contribution is 2.50. The molecule has 0 aliphatic heterocycles. The molecule has 6 rings (SSSR count). The van der Waals surface area contributed by atoms with Crippen molar-refractivity contribution in [3.05, 3.63) is 65.9 Å². The highest BCUT2D eigenvalue weighted by Gasteiger charge is 2.29. The lowest BCUT2D eigenvalue weighted by Gasteiger charge is -2.12. The molecule has 5 nitrogen and oxygen atoms in total. The van der Waals surface area contributed by atoms with Crippen LogP contribution in [0, 0.1) is 0 Å². The Labute approximate surface area is 178 Å². The van der Waals surface area contributed by atoms with Crippen LogP contribution in [0.5, 0.6) is 5.88 Å². The van der Waals surface area contributed by atoms with E-state index < -0.39 is 0 Å². The minimum Gasteiger partial charge on any atom is -0.494 e. The molecule has 2 heterocycles. The molecule has 3 aromatic carbocycles. The number of benzene rings is 3. The van der Waals surface area contributed by atoms with Gasteiger partial charge in [-0.15, -0.1) is 0 Å². The zero-order valence-corrected chi connectivity index (χ0v) is 17.2. The number of nitrogens with one attached hydrogen (secondary N) is 1. The molecule has 31 heavy (non-hydrogen) atoms. The van der Waals surface area contributed by atoms with Gasteiger partial charge in [0.05, 0.1) is 17.5 Å². The number of rotatable bonds is 4. The Morgan fingerprint density at radius 2 is 1.90 bits per heavy atom. The zero-order valence-electron chi connectivity index (χ0n) is 17.2. The van der Waals surface area contributed by atoms with Gasteiger partial charge < -0.3 is 19.4 Å². The first-order valence-electron chi connectivity index (χ1n) is 10.6. The summed E-state index contributed by atoms with van der Waals surface area (Å²) in [5, 5.41) is 15.0. The lowest BCUT2D eigenvalue weighted by molar-refractivity contribution is -0.141. The first kappa shape index (κ1) is 18.1. The van der Waals surface area contributed by atoms with Crippen LogP contribution in [-0.2, 0) is 22.5 Å². The highest BCUT2D eigenvalue weighted by molar-refractivity contribution is 6.26. The van der Waals surface area contributed by atoms with Gasteiger partial charge in [0.1, 0.15) is 0 Å². The van der Waals surface area contributed by atoms with E-state index in [1.165, 1.54) is 39.9 Å². The number of ether oxygens (including phenoxy) is 1. The van der Waals surface area contributed by atoms with Crippen LogP contribution < -0.4 is 0 Å². The Balaban J connectivity index is 1.69. The molecule has 0 unspecified atom stereocenters. The number of nitrogens with zero attached hydrogens (tertiary/aromatic N) is 1. The third-order valence-electron chi connectivity index (χ3n) is 6.42. The second-order valence-electron chi connectivity index (χ2n) is 8.20. The standard InChI is InChI=1S/C26H22N2O3/c1-15(29)31-12-6-11-28-21-10-5-4-9-18(21)23-20-14-27-26(30)24(20)22-17-8-3-2-7-16(17)13-19(22)25(23)28/h2-5,7-10,14,27,30H,6,11-13H2,1H3. The Morgan fingerprint density at radius 3 is 2.77 bits per heavy atom. The molecule has 0 saturated carbocycles. The van der Waals surface area contributed by atoms with Gasteiger partial charge in [0, 0.05) is 53.3 Å². The predicted octanol–water partition coefficient (Wildman–Crippen LogP) is 5.51. The molecule has 2 N–H and O–H groups in total. The van der Waals surface area contributed by atoms with Crippen LogP contribution in [0.25, 0.3) is 43.7 Å². The highest BCUT2D eigenvalue weighted by atomic mass is 16.5. The summed E-state index contributed by atoms with van der Waals surface area (Å²) in [5.41, 5.74) is 7.22. The molecule has 5 aromatic rings. The van der Waals surface area contributed by atoms with Crippen LogP contribution in [-0.4, -0.2) is 27.2 Å². The van der Waals surface area contributed by atoms with Gasteiger partial charge in [0.15, 0.2) is 5.88 Å². The third-order valence-corrected chi connectivity index (χ3v) is 6.42. The number of para-hydroxylation sites is 1. The van der Waals surface area contributed by atoms with Crippen molar-refractivity contribution in [2.45, 2.75) is 26.3 Å². The summed E-state index contributed by atoms with van der Waals surface area (Å²) in [6.45, 7) is 2.60. The molecule has 0 bridgehead atoms. The quantitative estimate of drug-likeness (QED) is 0.298. The van der Waals surface area contributed by atoms with Gasteiger partial charge in [-0.1, -0.05) is 42.5 Å². The monoisotopic (exact) mass is 410 g/mol. The second-order valence-corrected chi connectivity index (χ2v) is 8.20. The number of aryl methyl sites for hydroxylation is 1. The zero-order chi connectivity index (χ0) is 21.1. The summed E-state index contributed by atoms with van der Waals surface area (Å²) in [5.74, 6) is -0.0281. The van der Waals surface area contributed by atoms with Gasteiger partial charge in [-0.2, -0.15) is 0 Å². The van der Waals surface area contributed by atoms with Crippen LogP contribution in [0.1, 0.15) is 24.5 Å². The normalized spacial score (nSPS) is 12.5. The van der Waals surface area contributed by atoms with Crippen LogP contribution >= 0.6 is 0 Å². The molecule has 0 saturated heterocycles. The third kappa shape index (κ3) is 2.53. The van der Waals surface area contributed by atoms with E-state index in [4.69, 9.17) is 4.74 Å². The summed E-state index contributed by atoms with van der Waals surface area (Å²) in [6.07, 6.45) is 3.50. The van der Waals surface area contributed by atoms with Crippen molar-refractivity contribution in [2.24, 2.45) is 0 Å². The number of hydrogen-bond acceptors (Lipinski definition) is 3. The molecule has 1 aliphatic rings. The lowest BCUT2D eigenvalue weighted by atomic mass is 9.96. The first-order valence-corrected chi connectivity index (χ1v) is 10.6. The van der Waals surface area contributed by atoms with Gasteiger partial charge in [-0.3, -0.25) is 4.79 Å². The molecule has 0 atom stereocenters. The molecule has 0 fully saturated rings. The van der Waals surface area contributed by atoms with Crippen LogP contribution in [0.15, 0.2) is 54.7 Å². The number of aromatic hydroxyl groups is 1. The number of hydrogen-bond donors (Lipinski definition) is 2. The topological polar surface area (TPSA) is 67.2 Å². The maximum Gasteiger partial charge on any atom is 0.302 e. The molecule has 1 aliphatic carbocycles. The van der Waals surface area contributed by atoms with Gasteiger partial charge in [0.25, 0.3) is 0 Å². The summed E-state index contributed by atoms with van der Waals surface area (Å²) in [7, 11) is 0. The molecule has 154 valence electrons. The maximum atomic E-state index is 11.2. The van der Waals surface area contributed by atoms with Crippen molar-refractivity contribution < 1.29 is 14.6 Å². The minimum atomic E-state index is -0.247. The molecule has 5 heteroatoms. The van der Waals surface area contributed by atoms with E-state index in [9.17, 15) is 9.90 Å². The largest absolute Gasteiger partial charge is 0.494 e. The van der Waals surface area contributed by atoms with Gasteiger partial charge in [-0.05, 0) is 29.2 Å². The smallest absolute Gasteiger partial charge is 0.302 e. The van der Waals surface area contributed by atoms with Crippen LogP contribution in [0.2, 0.25) is 0 Å². The summed E-state index contributed by atoms with van der Waals surface area (Å²) < 4.78 is 7.55. The average molecular weight is 410 g/mol. The summed E-state index contributed by atoms with van der Waals surface area (Å²) in [6, 6.07) is 16.9. The molecule has 2 aromatic heterocycles. The van der Waals surface area contributed by atoms with Crippen LogP contribution in [0.3, 0.4) is 0 Å². The Hall–Kier alpha value is -3.73. The van der Waals surface area contributed by atoms with Crippen molar-refractivity contribution in [1.82, 2.24) is 9.55 Å². The van der Waals surface area contributed by atoms with Crippen molar-refractivity contribution in [3.8, 4) is 17.0 Å². The number of H-pyrrole nitrogens is 1. The molecule has 0 amide bonds. The fourth-order valence-electron chi connectivity index (χ4n) is 5.27. The van der Waals surface area contributed by atoms with Crippen molar-refractivity contribution in [1.29, 1.82) is 0 Å². The molecular formula is C26H22N2O3.